The van der Waals surface area contributed by atoms with Crippen LogP contribution in [0.4, 0.5) is 0 Å². The first-order valence-corrected chi connectivity index (χ1v) is 7.72. The molecule has 22 heavy (non-hydrogen) atoms. The number of nitrogens with two attached hydrogens (primary N) is 1. The first-order chi connectivity index (χ1) is 10.2. The third-order valence-corrected chi connectivity index (χ3v) is 4.57. The van der Waals surface area contributed by atoms with Crippen molar-refractivity contribution in [2.45, 2.75) is 38.3 Å². The van der Waals surface area contributed by atoms with Crippen molar-refractivity contribution in [3.8, 4) is 0 Å². The van der Waals surface area contributed by atoms with Gasteiger partial charge in [-0.2, -0.15) is 0 Å². The molecule has 3 atom stereocenters. The van der Waals surface area contributed by atoms with Crippen molar-refractivity contribution in [3.63, 3.8) is 0 Å². The fraction of sp³-hybridized carbons (Fsp3) is 0.588. The van der Waals surface area contributed by atoms with Crippen LogP contribution in [0.5, 0.6) is 0 Å². The molecular formula is C17H27ClN2O2. The van der Waals surface area contributed by atoms with E-state index in [1.807, 2.05) is 11.0 Å². The molecule has 1 saturated heterocycles. The topological polar surface area (TPSA) is 55.6 Å². The van der Waals surface area contributed by atoms with Crippen LogP contribution in [0.25, 0.3) is 0 Å². The average Bonchev–Trinajstić information content (AvgIpc) is 2.87. The molecule has 0 saturated carbocycles. The van der Waals surface area contributed by atoms with Crippen molar-refractivity contribution in [1.82, 2.24) is 4.90 Å². The van der Waals surface area contributed by atoms with Gasteiger partial charge in [-0.15, -0.1) is 12.4 Å². The van der Waals surface area contributed by atoms with E-state index in [4.69, 9.17) is 10.5 Å². The molecule has 1 aromatic carbocycles. The molecule has 1 aromatic rings. The van der Waals surface area contributed by atoms with Gasteiger partial charge in [-0.25, -0.2) is 0 Å². The number of rotatable bonds is 6. The van der Waals surface area contributed by atoms with E-state index in [-0.39, 0.29) is 30.5 Å². The fourth-order valence-corrected chi connectivity index (χ4v) is 3.12. The van der Waals surface area contributed by atoms with Gasteiger partial charge >= 0.3 is 0 Å². The summed E-state index contributed by atoms with van der Waals surface area (Å²) in [5.41, 5.74) is 6.95. The maximum Gasteiger partial charge on any atom is 0.225 e. The van der Waals surface area contributed by atoms with Gasteiger partial charge in [0.25, 0.3) is 0 Å². The lowest BCUT2D eigenvalue weighted by Gasteiger charge is -2.26. The number of benzene rings is 1. The van der Waals surface area contributed by atoms with Crippen molar-refractivity contribution >= 4 is 18.3 Å². The largest absolute Gasteiger partial charge is 0.380 e. The van der Waals surface area contributed by atoms with E-state index in [0.717, 1.165) is 19.4 Å². The Morgan fingerprint density at radius 2 is 2.09 bits per heavy atom. The fourth-order valence-electron chi connectivity index (χ4n) is 3.12. The number of ether oxygens (including phenoxy) is 1. The lowest BCUT2D eigenvalue weighted by Crippen LogP contribution is -2.39. The van der Waals surface area contributed by atoms with Gasteiger partial charge in [-0.3, -0.25) is 4.79 Å². The van der Waals surface area contributed by atoms with Crippen molar-refractivity contribution in [2.24, 2.45) is 11.7 Å². The monoisotopic (exact) mass is 326 g/mol. The highest BCUT2D eigenvalue weighted by molar-refractivity contribution is 5.85. The second-order valence-electron chi connectivity index (χ2n) is 5.86. The quantitative estimate of drug-likeness (QED) is 0.872. The third kappa shape index (κ3) is 4.70. The highest BCUT2D eigenvalue weighted by atomic mass is 35.5. The van der Waals surface area contributed by atoms with E-state index in [0.29, 0.717) is 18.9 Å². The normalized spacial score (nSPS) is 22.2. The lowest BCUT2D eigenvalue weighted by molar-refractivity contribution is -0.134. The number of methoxy groups -OCH3 is 1. The summed E-state index contributed by atoms with van der Waals surface area (Å²) in [7, 11) is 1.61. The van der Waals surface area contributed by atoms with Gasteiger partial charge in [0.2, 0.25) is 5.91 Å². The van der Waals surface area contributed by atoms with Gasteiger partial charge in [0.05, 0.1) is 12.5 Å². The maximum atomic E-state index is 12.4. The molecule has 0 aromatic heterocycles. The minimum atomic E-state index is -0.169. The van der Waals surface area contributed by atoms with Crippen molar-refractivity contribution < 1.29 is 9.53 Å². The Kier molecular flexibility index (Phi) is 7.87. The third-order valence-electron chi connectivity index (χ3n) is 4.57. The van der Waals surface area contributed by atoms with Crippen LogP contribution in [0.15, 0.2) is 30.3 Å². The molecular weight excluding hydrogens is 300 g/mol. The first-order valence-electron chi connectivity index (χ1n) is 7.72. The standard InChI is InChI=1S/C17H26N2O2.ClH/c1-13-15(10-14-6-4-3-5-7-14)8-9-19(13)17(20)11-16(12-18)21-2;/h3-7,13,15-16H,8-12,18H2,1-2H3;1H. The lowest BCUT2D eigenvalue weighted by atomic mass is 9.93. The van der Waals surface area contributed by atoms with Crippen LogP contribution in [-0.2, 0) is 16.0 Å². The Hall–Kier alpha value is -1.10. The number of halogens is 1. The molecule has 124 valence electrons. The number of nitrogens with zero attached hydrogens (tertiary/aromatic N) is 1. The van der Waals surface area contributed by atoms with Crippen molar-refractivity contribution in [2.75, 3.05) is 20.2 Å². The van der Waals surface area contributed by atoms with Gasteiger partial charge in [-0.1, -0.05) is 30.3 Å². The van der Waals surface area contributed by atoms with E-state index in [2.05, 4.69) is 31.2 Å². The van der Waals surface area contributed by atoms with Crippen LogP contribution in [0, 0.1) is 5.92 Å². The number of likely N-dealkylation sites (tertiary alicyclic amines) is 1. The van der Waals surface area contributed by atoms with Gasteiger partial charge in [0.1, 0.15) is 0 Å². The number of hydrogen-bond donors (Lipinski definition) is 1. The summed E-state index contributed by atoms with van der Waals surface area (Å²) in [6, 6.07) is 10.8. The summed E-state index contributed by atoms with van der Waals surface area (Å²) >= 11 is 0. The van der Waals surface area contributed by atoms with Gasteiger partial charge in [0.15, 0.2) is 0 Å². The summed E-state index contributed by atoms with van der Waals surface area (Å²) in [4.78, 5) is 14.4. The molecule has 0 bridgehead atoms. The Morgan fingerprint density at radius 3 is 2.68 bits per heavy atom. The SMILES string of the molecule is COC(CN)CC(=O)N1CCC(Cc2ccccc2)C1C.Cl. The Morgan fingerprint density at radius 1 is 1.41 bits per heavy atom. The van der Waals surface area contributed by atoms with Crippen LogP contribution in [0.3, 0.4) is 0 Å². The van der Waals surface area contributed by atoms with E-state index in [1.54, 1.807) is 7.11 Å². The van der Waals surface area contributed by atoms with E-state index >= 15 is 0 Å². The van der Waals surface area contributed by atoms with Crippen LogP contribution in [0.2, 0.25) is 0 Å². The molecule has 0 spiro atoms. The van der Waals surface area contributed by atoms with Gasteiger partial charge in [-0.05, 0) is 31.2 Å². The molecule has 1 fully saturated rings. The summed E-state index contributed by atoms with van der Waals surface area (Å²) in [6.45, 7) is 3.39. The minimum absolute atomic E-state index is 0. The molecule has 1 aliphatic heterocycles. The zero-order valence-electron chi connectivity index (χ0n) is 13.4. The average molecular weight is 327 g/mol. The maximum absolute atomic E-state index is 12.4. The smallest absolute Gasteiger partial charge is 0.225 e. The first kappa shape index (κ1) is 18.9. The molecule has 5 heteroatoms. The molecule has 1 aliphatic rings. The number of carbonyl (C=O) groups excluding carboxylic acids is 1. The van der Waals surface area contributed by atoms with Crippen LogP contribution < -0.4 is 5.73 Å². The molecule has 3 unspecified atom stereocenters. The predicted octanol–water partition coefficient (Wildman–Crippen LogP) is 2.25. The Bertz CT molecular complexity index is 451. The van der Waals surface area contributed by atoms with Gasteiger partial charge < -0.3 is 15.4 Å². The van der Waals surface area contributed by atoms with Crippen molar-refractivity contribution in [1.29, 1.82) is 0 Å². The predicted molar refractivity (Wildman–Crippen MR) is 91.1 cm³/mol. The van der Waals surface area contributed by atoms with Crippen LogP contribution in [-0.4, -0.2) is 43.2 Å². The summed E-state index contributed by atoms with van der Waals surface area (Å²) < 4.78 is 5.21. The van der Waals surface area contributed by atoms with E-state index < -0.39 is 0 Å². The summed E-state index contributed by atoms with van der Waals surface area (Å²) in [5, 5.41) is 0. The highest BCUT2D eigenvalue weighted by Crippen LogP contribution is 2.28. The zero-order chi connectivity index (χ0) is 15.2. The molecule has 0 aliphatic carbocycles. The number of carbonyl (C=O) groups is 1. The Balaban J connectivity index is 0.00000242. The Labute approximate surface area is 139 Å². The van der Waals surface area contributed by atoms with Crippen molar-refractivity contribution in [3.05, 3.63) is 35.9 Å². The molecule has 2 N–H and O–H groups in total. The molecule has 2 rings (SSSR count). The summed E-state index contributed by atoms with van der Waals surface area (Å²) in [6.07, 6.45) is 2.33. The van der Waals surface area contributed by atoms with Crippen LogP contribution in [0.1, 0.15) is 25.3 Å². The van der Waals surface area contributed by atoms with E-state index in [1.165, 1.54) is 5.56 Å². The van der Waals surface area contributed by atoms with Crippen LogP contribution >= 0.6 is 12.4 Å². The second kappa shape index (κ2) is 9.13. The molecule has 1 amide bonds. The molecule has 4 nitrogen and oxygen atoms in total. The number of amides is 1. The summed E-state index contributed by atoms with van der Waals surface area (Å²) in [5.74, 6) is 0.700. The van der Waals surface area contributed by atoms with E-state index in [9.17, 15) is 4.79 Å². The molecule has 1 heterocycles. The highest BCUT2D eigenvalue weighted by Gasteiger charge is 2.34. The van der Waals surface area contributed by atoms with Gasteiger partial charge in [0, 0.05) is 26.2 Å². The molecule has 0 radical (unpaired) electrons. The zero-order valence-corrected chi connectivity index (χ0v) is 14.2. The second-order valence-corrected chi connectivity index (χ2v) is 5.86. The minimum Gasteiger partial charge on any atom is -0.380 e. The number of hydrogen-bond acceptors (Lipinski definition) is 3.